The number of alkyl halides is 3. The predicted octanol–water partition coefficient (Wildman–Crippen LogP) is 7.08. The molecular formula is C21H19ClF3NO. The molecule has 3 aromatic rings. The van der Waals surface area contributed by atoms with Gasteiger partial charge in [-0.25, -0.2) is 0 Å². The lowest BCUT2D eigenvalue weighted by Crippen LogP contribution is -2.12. The normalized spacial score (nSPS) is 15.6. The van der Waals surface area contributed by atoms with Gasteiger partial charge in [0.25, 0.3) is 0 Å². The van der Waals surface area contributed by atoms with Crippen LogP contribution in [0.15, 0.2) is 42.6 Å². The number of rotatable bonds is 4. The third-order valence-corrected chi connectivity index (χ3v) is 5.51. The molecule has 1 N–H and O–H groups in total. The van der Waals surface area contributed by atoms with Crippen LogP contribution in [0.2, 0.25) is 5.02 Å². The average molecular weight is 394 g/mol. The van der Waals surface area contributed by atoms with Crippen LogP contribution in [0.4, 0.5) is 13.2 Å². The topological polar surface area (TPSA) is 25.0 Å². The molecule has 0 unspecified atom stereocenters. The molecule has 0 spiro atoms. The van der Waals surface area contributed by atoms with Gasteiger partial charge in [-0.15, -0.1) is 0 Å². The summed E-state index contributed by atoms with van der Waals surface area (Å²) in [5.41, 5.74) is 1.19. The third kappa shape index (κ3) is 3.79. The van der Waals surface area contributed by atoms with Crippen LogP contribution in [0.25, 0.3) is 10.9 Å². The number of aromatic nitrogens is 1. The maximum absolute atomic E-state index is 13.6. The van der Waals surface area contributed by atoms with E-state index in [1.165, 1.54) is 6.07 Å². The molecule has 1 saturated carbocycles. The Bertz CT molecular complexity index is 958. The van der Waals surface area contributed by atoms with Crippen LogP contribution in [0.1, 0.15) is 48.3 Å². The fraction of sp³-hybridized carbons (Fsp3) is 0.333. The highest BCUT2D eigenvalue weighted by Crippen LogP contribution is 2.42. The number of aromatic amines is 1. The molecule has 142 valence electrons. The first kappa shape index (κ1) is 18.2. The van der Waals surface area contributed by atoms with Crippen LogP contribution in [-0.4, -0.2) is 4.98 Å². The highest BCUT2D eigenvalue weighted by atomic mass is 35.5. The first-order valence-corrected chi connectivity index (χ1v) is 9.39. The van der Waals surface area contributed by atoms with Crippen molar-refractivity contribution < 1.29 is 17.9 Å². The lowest BCUT2D eigenvalue weighted by molar-refractivity contribution is -0.138. The van der Waals surface area contributed by atoms with Gasteiger partial charge in [-0.3, -0.25) is 0 Å². The first-order chi connectivity index (χ1) is 12.9. The summed E-state index contributed by atoms with van der Waals surface area (Å²) in [5.74, 6) is 0.534. The van der Waals surface area contributed by atoms with Gasteiger partial charge in [0.05, 0.1) is 16.1 Å². The lowest BCUT2D eigenvalue weighted by Gasteiger charge is -2.19. The zero-order valence-corrected chi connectivity index (χ0v) is 15.3. The van der Waals surface area contributed by atoms with E-state index in [0.717, 1.165) is 36.6 Å². The molecule has 0 radical (unpaired) electrons. The van der Waals surface area contributed by atoms with Crippen molar-refractivity contribution in [1.82, 2.24) is 4.98 Å². The zero-order valence-electron chi connectivity index (χ0n) is 14.6. The number of hydrogen-bond donors (Lipinski definition) is 1. The van der Waals surface area contributed by atoms with E-state index in [0.29, 0.717) is 21.9 Å². The molecule has 1 aliphatic carbocycles. The zero-order chi connectivity index (χ0) is 19.0. The summed E-state index contributed by atoms with van der Waals surface area (Å²) in [5, 5.41) is 1.41. The van der Waals surface area contributed by atoms with Crippen LogP contribution in [0, 0.1) is 0 Å². The maximum atomic E-state index is 13.6. The van der Waals surface area contributed by atoms with Gasteiger partial charge in [0, 0.05) is 17.6 Å². The number of nitrogens with one attached hydrogen (secondary N) is 1. The molecule has 1 heterocycles. The summed E-state index contributed by atoms with van der Waals surface area (Å²) in [4.78, 5) is 3.03. The van der Waals surface area contributed by atoms with E-state index in [1.54, 1.807) is 24.4 Å². The molecule has 0 aliphatic heterocycles. The number of benzene rings is 2. The summed E-state index contributed by atoms with van der Waals surface area (Å²) in [7, 11) is 0. The summed E-state index contributed by atoms with van der Waals surface area (Å²) in [6.07, 6.45) is 1.06. The lowest BCUT2D eigenvalue weighted by atomic mass is 9.91. The Balaban J connectivity index is 1.58. The average Bonchev–Trinajstić information content (AvgIpc) is 3.31. The molecular weight excluding hydrogens is 375 g/mol. The Kier molecular flexibility index (Phi) is 4.81. The molecule has 2 nitrogen and oxygen atoms in total. The minimum atomic E-state index is -4.36. The Morgan fingerprint density at radius 3 is 2.59 bits per heavy atom. The molecule has 0 atom stereocenters. The van der Waals surface area contributed by atoms with Gasteiger partial charge in [-0.1, -0.05) is 36.6 Å². The van der Waals surface area contributed by atoms with Crippen LogP contribution in [-0.2, 0) is 12.8 Å². The molecule has 27 heavy (non-hydrogen) atoms. The largest absolute Gasteiger partial charge is 0.489 e. The monoisotopic (exact) mass is 393 g/mol. The highest BCUT2D eigenvalue weighted by molar-refractivity contribution is 6.35. The number of hydrogen-bond acceptors (Lipinski definition) is 1. The van der Waals surface area contributed by atoms with Gasteiger partial charge < -0.3 is 9.72 Å². The van der Waals surface area contributed by atoms with E-state index >= 15 is 0 Å². The van der Waals surface area contributed by atoms with Crippen molar-refractivity contribution in [2.45, 2.75) is 44.4 Å². The number of H-pyrrole nitrogens is 1. The van der Waals surface area contributed by atoms with Gasteiger partial charge in [0.2, 0.25) is 0 Å². The van der Waals surface area contributed by atoms with E-state index in [9.17, 15) is 13.2 Å². The van der Waals surface area contributed by atoms with Crippen LogP contribution >= 0.6 is 11.6 Å². The molecule has 0 amide bonds. The third-order valence-electron chi connectivity index (χ3n) is 5.21. The molecule has 4 rings (SSSR count). The molecule has 0 saturated heterocycles. The Morgan fingerprint density at radius 2 is 1.85 bits per heavy atom. The number of fused-ring (bicyclic) bond motifs is 1. The summed E-state index contributed by atoms with van der Waals surface area (Å²) < 4.78 is 46.4. The van der Waals surface area contributed by atoms with Crippen LogP contribution in [0.3, 0.4) is 0 Å². The summed E-state index contributed by atoms with van der Waals surface area (Å²) in [6.45, 7) is 0.0558. The van der Waals surface area contributed by atoms with Crippen molar-refractivity contribution >= 4 is 22.5 Å². The summed E-state index contributed by atoms with van der Waals surface area (Å²) >= 11 is 6.20. The molecule has 2 aromatic carbocycles. The van der Waals surface area contributed by atoms with Crippen molar-refractivity contribution in [3.63, 3.8) is 0 Å². The van der Waals surface area contributed by atoms with E-state index in [2.05, 4.69) is 4.98 Å². The fourth-order valence-corrected chi connectivity index (χ4v) is 4.15. The van der Waals surface area contributed by atoms with Gasteiger partial charge in [-0.2, -0.15) is 13.2 Å². The van der Waals surface area contributed by atoms with E-state index in [1.807, 2.05) is 12.1 Å². The van der Waals surface area contributed by atoms with E-state index < -0.39 is 11.7 Å². The molecule has 1 aromatic heterocycles. The van der Waals surface area contributed by atoms with Gasteiger partial charge in [0.1, 0.15) is 12.4 Å². The second kappa shape index (κ2) is 7.12. The number of halogens is 4. The van der Waals surface area contributed by atoms with Crippen LogP contribution in [0.5, 0.6) is 5.75 Å². The van der Waals surface area contributed by atoms with E-state index in [4.69, 9.17) is 16.3 Å². The Labute approximate surface area is 160 Å². The minimum absolute atomic E-state index is 0.00592. The fourth-order valence-electron chi connectivity index (χ4n) is 3.88. The van der Waals surface area contributed by atoms with E-state index in [-0.39, 0.29) is 12.5 Å². The second-order valence-corrected chi connectivity index (χ2v) is 7.44. The van der Waals surface area contributed by atoms with Crippen molar-refractivity contribution in [3.8, 4) is 5.75 Å². The number of ether oxygens (including phenoxy) is 1. The molecule has 0 bridgehead atoms. The second-order valence-electron chi connectivity index (χ2n) is 7.04. The van der Waals surface area contributed by atoms with Gasteiger partial charge in [0.15, 0.2) is 0 Å². The Morgan fingerprint density at radius 1 is 1.07 bits per heavy atom. The van der Waals surface area contributed by atoms with Crippen molar-refractivity contribution in [1.29, 1.82) is 0 Å². The van der Waals surface area contributed by atoms with Crippen molar-refractivity contribution in [2.75, 3.05) is 0 Å². The SMILES string of the molecule is FC(F)(F)c1cc(COc2cc(Cl)c3[nH]ccc3c2)ccc1C1CCCC1. The standard InChI is InChI=1S/C21H19ClF3NO/c22-19-11-16(10-15-7-8-26-20(15)19)27-12-13-5-6-17(14-3-1-2-4-14)18(9-13)21(23,24)25/h5-11,14,26H,1-4,12H2. The van der Waals surface area contributed by atoms with Crippen LogP contribution < -0.4 is 4.74 Å². The van der Waals surface area contributed by atoms with Gasteiger partial charge >= 0.3 is 6.18 Å². The minimum Gasteiger partial charge on any atom is -0.489 e. The molecule has 1 fully saturated rings. The van der Waals surface area contributed by atoms with Crippen molar-refractivity contribution in [3.05, 3.63) is 64.3 Å². The molecule has 6 heteroatoms. The smallest absolute Gasteiger partial charge is 0.416 e. The Hall–Kier alpha value is -2.14. The highest BCUT2D eigenvalue weighted by Gasteiger charge is 2.36. The quantitative estimate of drug-likeness (QED) is 0.503. The first-order valence-electron chi connectivity index (χ1n) is 9.01. The predicted molar refractivity (Wildman–Crippen MR) is 100 cm³/mol. The van der Waals surface area contributed by atoms with Gasteiger partial charge in [-0.05, 0) is 48.1 Å². The van der Waals surface area contributed by atoms with Crippen molar-refractivity contribution in [2.24, 2.45) is 0 Å². The maximum Gasteiger partial charge on any atom is 0.416 e. The molecule has 1 aliphatic rings. The summed E-state index contributed by atoms with van der Waals surface area (Å²) in [6, 6.07) is 9.93.